The lowest BCUT2D eigenvalue weighted by atomic mass is 10.1. The molecule has 0 radical (unpaired) electrons. The van der Waals surface area contributed by atoms with E-state index in [9.17, 15) is 4.79 Å². The Labute approximate surface area is 179 Å². The molecule has 0 aliphatic heterocycles. The van der Waals surface area contributed by atoms with Crippen LogP contribution in [0.1, 0.15) is 52.0 Å². The van der Waals surface area contributed by atoms with Gasteiger partial charge in [-0.05, 0) is 37.0 Å². The van der Waals surface area contributed by atoms with E-state index in [1.165, 1.54) is 11.8 Å². The first-order valence-corrected chi connectivity index (χ1v) is 10.5. The van der Waals surface area contributed by atoms with E-state index in [2.05, 4.69) is 45.0 Å². The van der Waals surface area contributed by atoms with E-state index >= 15 is 0 Å². The van der Waals surface area contributed by atoms with Gasteiger partial charge in [-0.2, -0.15) is 0 Å². The zero-order valence-electron chi connectivity index (χ0n) is 18.3. The van der Waals surface area contributed by atoms with Crippen molar-refractivity contribution >= 4 is 28.9 Å². The fraction of sp³-hybridized carbons (Fsp3) is 0.360. The summed E-state index contributed by atoms with van der Waals surface area (Å²) in [7, 11) is 0. The molecule has 0 unspecified atom stereocenters. The number of fused-ring (bicyclic) bond motifs is 1. The fourth-order valence-electron chi connectivity index (χ4n) is 3.02. The van der Waals surface area contributed by atoms with Crippen molar-refractivity contribution in [2.45, 2.75) is 59.0 Å². The van der Waals surface area contributed by atoms with E-state index in [0.717, 1.165) is 43.0 Å². The molecule has 1 aromatic heterocycles. The molecule has 0 aliphatic carbocycles. The monoisotopic (exact) mass is 410 g/mol. The molecule has 5 heteroatoms. The van der Waals surface area contributed by atoms with Crippen LogP contribution in [0.25, 0.3) is 16.7 Å². The van der Waals surface area contributed by atoms with Crippen LogP contribution in [0.5, 0.6) is 0 Å². The van der Waals surface area contributed by atoms with Crippen molar-refractivity contribution < 1.29 is 15.0 Å². The number of hydrogen-bond acceptors (Lipinski definition) is 3. The molecule has 0 amide bonds. The van der Waals surface area contributed by atoms with E-state index < -0.39 is 5.97 Å². The van der Waals surface area contributed by atoms with Gasteiger partial charge in [0.25, 0.3) is 0 Å². The summed E-state index contributed by atoms with van der Waals surface area (Å²) in [6.45, 7) is 13.4. The first kappa shape index (κ1) is 25.1. The molecule has 0 saturated carbocycles. The van der Waals surface area contributed by atoms with Crippen LogP contribution in [-0.2, 0) is 11.2 Å². The predicted octanol–water partition coefficient (Wildman–Crippen LogP) is 5.85. The number of benzene rings is 1. The Kier molecular flexibility index (Phi) is 11.2. The zero-order valence-corrected chi connectivity index (χ0v) is 18.3. The molecule has 2 aromatic rings. The molecule has 162 valence electrons. The second-order valence-corrected chi connectivity index (χ2v) is 6.98. The van der Waals surface area contributed by atoms with Crippen molar-refractivity contribution in [2.75, 3.05) is 0 Å². The Morgan fingerprint density at radius 1 is 1.20 bits per heavy atom. The standard InChI is InChI=1S/C18H18N2O2.C7H16O/c1-4-8-17(19-11-13(3)18(21)22)20-12-14(5-2)15-9-6-7-10-16(15)20;1-3-5-7(8)6-4-2/h4,6-12H,1,3,5H2,2H3,(H,21,22);7-8H,3-6H2,1-2H3/b17-8+,19-11-;. The molecule has 5 nitrogen and oxygen atoms in total. The quantitative estimate of drug-likeness (QED) is 0.293. The van der Waals surface area contributed by atoms with Crippen molar-refractivity contribution in [2.24, 2.45) is 4.99 Å². The molecule has 0 spiro atoms. The van der Waals surface area contributed by atoms with Crippen molar-refractivity contribution in [3.8, 4) is 0 Å². The van der Waals surface area contributed by atoms with Gasteiger partial charge in [-0.1, -0.05) is 71.0 Å². The van der Waals surface area contributed by atoms with Crippen molar-refractivity contribution in [1.29, 1.82) is 0 Å². The Balaban J connectivity index is 0.000000479. The molecule has 0 aliphatic rings. The molecular weight excluding hydrogens is 376 g/mol. The smallest absolute Gasteiger partial charge is 0.336 e. The highest BCUT2D eigenvalue weighted by molar-refractivity contribution is 6.08. The summed E-state index contributed by atoms with van der Waals surface area (Å²) in [4.78, 5) is 15.1. The van der Waals surface area contributed by atoms with Crippen LogP contribution < -0.4 is 0 Å². The van der Waals surface area contributed by atoms with Gasteiger partial charge < -0.3 is 14.8 Å². The average molecular weight is 411 g/mol. The number of nitrogens with zero attached hydrogens (tertiary/aromatic N) is 2. The second-order valence-electron chi connectivity index (χ2n) is 6.98. The van der Waals surface area contributed by atoms with Crippen LogP contribution in [0.2, 0.25) is 0 Å². The number of rotatable bonds is 10. The highest BCUT2D eigenvalue weighted by atomic mass is 16.4. The van der Waals surface area contributed by atoms with Crippen LogP contribution in [0.4, 0.5) is 0 Å². The van der Waals surface area contributed by atoms with Gasteiger partial charge in [0.15, 0.2) is 0 Å². The largest absolute Gasteiger partial charge is 0.478 e. The third kappa shape index (κ3) is 7.48. The summed E-state index contributed by atoms with van der Waals surface area (Å²) >= 11 is 0. The number of aryl methyl sites for hydroxylation is 1. The molecule has 0 atom stereocenters. The van der Waals surface area contributed by atoms with Crippen molar-refractivity contribution in [3.63, 3.8) is 0 Å². The van der Waals surface area contributed by atoms with E-state index in [1.54, 1.807) is 12.2 Å². The molecule has 1 heterocycles. The molecule has 30 heavy (non-hydrogen) atoms. The maximum Gasteiger partial charge on any atom is 0.336 e. The van der Waals surface area contributed by atoms with E-state index in [4.69, 9.17) is 10.2 Å². The van der Waals surface area contributed by atoms with Gasteiger partial charge in [0.2, 0.25) is 0 Å². The number of aliphatic imine (C=N–C) groups is 1. The number of carboxylic acids is 1. The lowest BCUT2D eigenvalue weighted by Crippen LogP contribution is -2.03. The number of aromatic nitrogens is 1. The number of carboxylic acid groups (broad SMARTS) is 1. The first-order chi connectivity index (χ1) is 14.4. The van der Waals surface area contributed by atoms with E-state index in [0.29, 0.717) is 5.82 Å². The van der Waals surface area contributed by atoms with Gasteiger partial charge in [0.1, 0.15) is 5.82 Å². The predicted molar refractivity (Wildman–Crippen MR) is 127 cm³/mol. The molecule has 1 aromatic carbocycles. The SMILES string of the molecule is C=C/C=C(\N=C/C(=C)C(=O)O)n1cc(CC)c2ccccc21.CCCC(O)CCC. The molecule has 0 fully saturated rings. The molecular formula is C25H34N2O3. The fourth-order valence-corrected chi connectivity index (χ4v) is 3.02. The van der Waals surface area contributed by atoms with Gasteiger partial charge >= 0.3 is 5.97 Å². The number of aliphatic carboxylic acids is 1. The molecule has 2 N–H and O–H groups in total. The number of aliphatic hydroxyl groups is 1. The Hall–Kier alpha value is -2.92. The van der Waals surface area contributed by atoms with Gasteiger partial charge in [-0.15, -0.1) is 0 Å². The number of aliphatic hydroxyl groups excluding tert-OH is 1. The maximum absolute atomic E-state index is 10.8. The lowest BCUT2D eigenvalue weighted by Gasteiger charge is -2.05. The van der Waals surface area contributed by atoms with Gasteiger partial charge in [0.05, 0.1) is 17.2 Å². The van der Waals surface area contributed by atoms with E-state index in [1.807, 2.05) is 29.0 Å². The van der Waals surface area contributed by atoms with Gasteiger partial charge in [0, 0.05) is 17.8 Å². The topological polar surface area (TPSA) is 74.8 Å². The lowest BCUT2D eigenvalue weighted by molar-refractivity contribution is -0.131. The van der Waals surface area contributed by atoms with Crippen LogP contribution in [0.15, 0.2) is 66.3 Å². The number of para-hydroxylation sites is 1. The highest BCUT2D eigenvalue weighted by Gasteiger charge is 2.09. The summed E-state index contributed by atoms with van der Waals surface area (Å²) in [5.41, 5.74) is 2.16. The Morgan fingerprint density at radius 2 is 1.83 bits per heavy atom. The van der Waals surface area contributed by atoms with Gasteiger partial charge in [-0.3, -0.25) is 0 Å². The molecule has 0 bridgehead atoms. The van der Waals surface area contributed by atoms with Crippen LogP contribution in [-0.4, -0.2) is 33.1 Å². The van der Waals surface area contributed by atoms with Crippen molar-refractivity contribution in [1.82, 2.24) is 4.57 Å². The summed E-state index contributed by atoms with van der Waals surface area (Å²) < 4.78 is 1.93. The highest BCUT2D eigenvalue weighted by Crippen LogP contribution is 2.25. The van der Waals surface area contributed by atoms with Crippen LogP contribution in [0, 0.1) is 0 Å². The van der Waals surface area contributed by atoms with Gasteiger partial charge in [-0.25, -0.2) is 9.79 Å². The molecule has 2 rings (SSSR count). The normalized spacial score (nSPS) is 11.6. The van der Waals surface area contributed by atoms with Crippen LogP contribution in [0.3, 0.4) is 0 Å². The average Bonchev–Trinajstić information content (AvgIpc) is 3.10. The number of allylic oxidation sites excluding steroid dienone is 2. The van der Waals surface area contributed by atoms with E-state index in [-0.39, 0.29) is 11.7 Å². The minimum atomic E-state index is -1.09. The molecule has 0 saturated heterocycles. The second kappa shape index (κ2) is 13.3. The minimum Gasteiger partial charge on any atom is -0.478 e. The summed E-state index contributed by atoms with van der Waals surface area (Å²) in [5.74, 6) is -0.499. The Bertz CT molecular complexity index is 900. The maximum atomic E-state index is 10.8. The van der Waals surface area contributed by atoms with Crippen LogP contribution >= 0.6 is 0 Å². The first-order valence-electron chi connectivity index (χ1n) is 10.5. The number of carbonyl (C=O) groups is 1. The van der Waals surface area contributed by atoms with Crippen molar-refractivity contribution in [3.05, 3.63) is 66.9 Å². The minimum absolute atomic E-state index is 0.0370. The third-order valence-corrected chi connectivity index (χ3v) is 4.56. The summed E-state index contributed by atoms with van der Waals surface area (Å²) in [6, 6.07) is 8.03. The summed E-state index contributed by atoms with van der Waals surface area (Å²) in [6.07, 6.45) is 11.6. The summed E-state index contributed by atoms with van der Waals surface area (Å²) in [5, 5.41) is 19.1. The zero-order chi connectivity index (χ0) is 22.5. The number of hydrogen-bond donors (Lipinski definition) is 2. The third-order valence-electron chi connectivity index (χ3n) is 4.56. The Morgan fingerprint density at radius 3 is 2.37 bits per heavy atom.